The Morgan fingerprint density at radius 3 is 2.51 bits per heavy atom. The van der Waals surface area contributed by atoms with Gasteiger partial charge in [-0.1, -0.05) is 6.07 Å². The number of halogens is 2. The van der Waals surface area contributed by atoms with E-state index in [-0.39, 0.29) is 40.5 Å². The second kappa shape index (κ2) is 9.45. The molecule has 4 rings (SSSR count). The number of pyridine rings is 2. The maximum atomic E-state index is 14.3. The Morgan fingerprint density at radius 2 is 1.89 bits per heavy atom. The molecule has 184 valence electrons. The van der Waals surface area contributed by atoms with Crippen LogP contribution in [0, 0.1) is 11.6 Å². The maximum absolute atomic E-state index is 14.3. The number of benzene rings is 1. The molecule has 1 aromatic carbocycles. The second-order valence-electron chi connectivity index (χ2n) is 7.78. The Balaban J connectivity index is 1.90. The molecule has 0 bridgehead atoms. The Kier molecular flexibility index (Phi) is 6.57. The van der Waals surface area contributed by atoms with E-state index >= 15 is 0 Å². The number of rotatable bonds is 8. The first-order valence-corrected chi connectivity index (χ1v) is 12.6. The third-order valence-corrected chi connectivity index (χ3v) is 6.19. The van der Waals surface area contributed by atoms with Gasteiger partial charge >= 0.3 is 5.69 Å². The van der Waals surface area contributed by atoms with Crippen LogP contribution in [0.4, 0.5) is 8.78 Å². The molecule has 1 atom stereocenters. The van der Waals surface area contributed by atoms with Crippen molar-refractivity contribution >= 4 is 21.0 Å². The van der Waals surface area contributed by atoms with Crippen molar-refractivity contribution in [1.29, 1.82) is 0 Å². The summed E-state index contributed by atoms with van der Waals surface area (Å²) in [7, 11) is -2.16. The number of hydrogen-bond acceptors (Lipinski definition) is 7. The average molecular weight is 505 g/mol. The second-order valence-corrected chi connectivity index (χ2v) is 9.96. The zero-order valence-corrected chi connectivity index (χ0v) is 19.9. The SMILES string of the molecule is CCOc1nc(C(CS(C)(=O)=O)n2c(=O)[nH]c3cc(-c4c(F)cccc4F)cnc32)ccc1OC. The number of nitrogens with zero attached hydrogens (tertiary/aromatic N) is 3. The topological polar surface area (TPSA) is 116 Å². The minimum atomic E-state index is -3.60. The van der Waals surface area contributed by atoms with Crippen molar-refractivity contribution in [3.05, 3.63) is 70.4 Å². The number of ether oxygens (including phenoxy) is 2. The summed E-state index contributed by atoms with van der Waals surface area (Å²) in [5, 5.41) is 0. The number of sulfone groups is 1. The number of fused-ring (bicyclic) bond motifs is 1. The van der Waals surface area contributed by atoms with Gasteiger partial charge in [0.05, 0.1) is 42.3 Å². The first-order chi connectivity index (χ1) is 16.6. The summed E-state index contributed by atoms with van der Waals surface area (Å²) in [6, 6.07) is 6.88. The lowest BCUT2D eigenvalue weighted by Gasteiger charge is -2.19. The van der Waals surface area contributed by atoms with Gasteiger partial charge in [0, 0.05) is 18.0 Å². The monoisotopic (exact) mass is 504 g/mol. The summed E-state index contributed by atoms with van der Waals surface area (Å²) in [6.07, 6.45) is 2.26. The number of aromatic amines is 1. The lowest BCUT2D eigenvalue weighted by molar-refractivity contribution is 0.296. The van der Waals surface area contributed by atoms with E-state index in [4.69, 9.17) is 9.47 Å². The fraction of sp³-hybridized carbons (Fsp3) is 0.261. The molecule has 1 N–H and O–H groups in total. The quantitative estimate of drug-likeness (QED) is 0.392. The number of aromatic nitrogens is 4. The molecule has 0 radical (unpaired) electrons. The third kappa shape index (κ3) is 4.87. The van der Waals surface area contributed by atoms with Gasteiger partial charge in [0.15, 0.2) is 11.4 Å². The molecule has 4 aromatic rings. The zero-order valence-electron chi connectivity index (χ0n) is 19.1. The van der Waals surface area contributed by atoms with Crippen molar-refractivity contribution in [3.63, 3.8) is 0 Å². The van der Waals surface area contributed by atoms with Crippen molar-refractivity contribution in [2.24, 2.45) is 0 Å². The standard InChI is InChI=1S/C23H22F2N4O5S/c1-4-34-22-19(33-2)9-8-16(27-22)18(12-35(3,31)32)29-21-17(28-23(29)30)10-13(11-26-21)20-14(24)6-5-7-15(20)25/h5-11,18H,4,12H2,1-3H3,(H,28,30). The molecule has 9 nitrogen and oxygen atoms in total. The fourth-order valence-corrected chi connectivity index (χ4v) is 4.71. The molecule has 12 heteroatoms. The highest BCUT2D eigenvalue weighted by Gasteiger charge is 2.27. The van der Waals surface area contributed by atoms with Crippen LogP contribution in [-0.4, -0.2) is 53.7 Å². The lowest BCUT2D eigenvalue weighted by atomic mass is 10.1. The molecule has 0 amide bonds. The van der Waals surface area contributed by atoms with E-state index in [1.807, 2.05) is 0 Å². The summed E-state index contributed by atoms with van der Waals surface area (Å²) in [6.45, 7) is 2.04. The predicted molar refractivity (Wildman–Crippen MR) is 126 cm³/mol. The highest BCUT2D eigenvalue weighted by atomic mass is 32.2. The van der Waals surface area contributed by atoms with Crippen LogP contribution in [0.5, 0.6) is 11.6 Å². The van der Waals surface area contributed by atoms with E-state index in [2.05, 4.69) is 15.0 Å². The van der Waals surface area contributed by atoms with Crippen LogP contribution in [0.3, 0.4) is 0 Å². The number of nitrogens with one attached hydrogen (secondary N) is 1. The first-order valence-electron chi connectivity index (χ1n) is 10.5. The van der Waals surface area contributed by atoms with Crippen LogP contribution >= 0.6 is 0 Å². The van der Waals surface area contributed by atoms with Crippen LogP contribution in [0.1, 0.15) is 18.7 Å². The first kappa shape index (κ1) is 24.3. The average Bonchev–Trinajstić information content (AvgIpc) is 3.12. The summed E-state index contributed by atoms with van der Waals surface area (Å²) >= 11 is 0. The van der Waals surface area contributed by atoms with Crippen LogP contribution in [-0.2, 0) is 9.84 Å². The summed E-state index contributed by atoms with van der Waals surface area (Å²) in [5.41, 5.74) is -0.341. The summed E-state index contributed by atoms with van der Waals surface area (Å²) < 4.78 is 65.0. The van der Waals surface area contributed by atoms with Gasteiger partial charge in [-0.15, -0.1) is 0 Å². The molecule has 0 aliphatic carbocycles. The van der Waals surface area contributed by atoms with E-state index in [1.54, 1.807) is 13.0 Å². The normalized spacial score (nSPS) is 12.6. The molecule has 3 aromatic heterocycles. The minimum absolute atomic E-state index is 0.0970. The van der Waals surface area contributed by atoms with E-state index in [1.165, 1.54) is 31.5 Å². The molecular weight excluding hydrogens is 482 g/mol. The zero-order chi connectivity index (χ0) is 25.3. The van der Waals surface area contributed by atoms with Crippen molar-refractivity contribution in [2.45, 2.75) is 13.0 Å². The van der Waals surface area contributed by atoms with Crippen LogP contribution in [0.25, 0.3) is 22.3 Å². The molecular formula is C23H22F2N4O5S. The molecule has 0 saturated heterocycles. The Labute approximate surface area is 199 Å². The van der Waals surface area contributed by atoms with Gasteiger partial charge in [0.25, 0.3) is 5.88 Å². The molecule has 35 heavy (non-hydrogen) atoms. The number of methoxy groups -OCH3 is 1. The molecule has 1 unspecified atom stereocenters. The Bertz CT molecular complexity index is 1550. The minimum Gasteiger partial charge on any atom is -0.491 e. The van der Waals surface area contributed by atoms with E-state index in [0.29, 0.717) is 5.75 Å². The van der Waals surface area contributed by atoms with E-state index < -0.39 is 39.0 Å². The van der Waals surface area contributed by atoms with Crippen molar-refractivity contribution in [2.75, 3.05) is 25.7 Å². The molecule has 3 heterocycles. The summed E-state index contributed by atoms with van der Waals surface area (Å²) in [5.74, 6) is -1.54. The highest BCUT2D eigenvalue weighted by Crippen LogP contribution is 2.31. The van der Waals surface area contributed by atoms with Gasteiger partial charge in [-0.25, -0.2) is 32.0 Å². The fourth-order valence-electron chi connectivity index (χ4n) is 3.81. The van der Waals surface area contributed by atoms with Crippen LogP contribution in [0.15, 0.2) is 47.4 Å². The Morgan fingerprint density at radius 1 is 1.17 bits per heavy atom. The van der Waals surface area contributed by atoms with Crippen LogP contribution in [0.2, 0.25) is 0 Å². The highest BCUT2D eigenvalue weighted by molar-refractivity contribution is 7.90. The van der Waals surface area contributed by atoms with Crippen molar-refractivity contribution in [1.82, 2.24) is 19.5 Å². The maximum Gasteiger partial charge on any atom is 0.328 e. The van der Waals surface area contributed by atoms with Crippen LogP contribution < -0.4 is 15.2 Å². The van der Waals surface area contributed by atoms with Crippen molar-refractivity contribution < 1.29 is 26.7 Å². The number of H-pyrrole nitrogens is 1. The predicted octanol–water partition coefficient (Wildman–Crippen LogP) is 3.11. The van der Waals surface area contributed by atoms with Gasteiger partial charge in [-0.3, -0.25) is 4.57 Å². The van der Waals surface area contributed by atoms with Gasteiger partial charge < -0.3 is 14.5 Å². The van der Waals surface area contributed by atoms with Gasteiger partial charge in [0.2, 0.25) is 0 Å². The van der Waals surface area contributed by atoms with Gasteiger partial charge in [-0.05, 0) is 37.3 Å². The lowest BCUT2D eigenvalue weighted by Crippen LogP contribution is -2.29. The van der Waals surface area contributed by atoms with E-state index in [0.717, 1.165) is 23.0 Å². The van der Waals surface area contributed by atoms with Gasteiger partial charge in [-0.2, -0.15) is 0 Å². The van der Waals surface area contributed by atoms with Gasteiger partial charge in [0.1, 0.15) is 21.5 Å². The third-order valence-electron chi connectivity index (χ3n) is 5.27. The largest absolute Gasteiger partial charge is 0.491 e. The number of imidazole rings is 1. The summed E-state index contributed by atoms with van der Waals surface area (Å²) in [4.78, 5) is 24.2. The smallest absolute Gasteiger partial charge is 0.328 e. The molecule has 0 fully saturated rings. The Hall–Kier alpha value is -3.80. The van der Waals surface area contributed by atoms with Crippen molar-refractivity contribution in [3.8, 4) is 22.8 Å². The number of hydrogen-bond donors (Lipinski definition) is 1. The molecule has 0 saturated carbocycles. The molecule has 0 spiro atoms. The molecule has 0 aliphatic heterocycles. The van der Waals surface area contributed by atoms with E-state index in [9.17, 15) is 22.0 Å². The molecule has 0 aliphatic rings.